The summed E-state index contributed by atoms with van der Waals surface area (Å²) in [6.45, 7) is 1.17. The third kappa shape index (κ3) is 3.02. The number of aryl methyl sites for hydroxylation is 1. The predicted molar refractivity (Wildman–Crippen MR) is 107 cm³/mol. The third-order valence-corrected chi connectivity index (χ3v) is 5.87. The summed E-state index contributed by atoms with van der Waals surface area (Å²) < 4.78 is 21.9. The SMILES string of the molecule is Cn1c(N2CCO[C@H]3c4ccccc4CC[C@@H]32)nc(-c2ccncc2F)cc1=O. The molecule has 0 spiro atoms. The maximum Gasteiger partial charge on any atom is 0.255 e. The first-order chi connectivity index (χ1) is 14.1. The van der Waals surface area contributed by atoms with Crippen molar-refractivity contribution in [1.82, 2.24) is 14.5 Å². The van der Waals surface area contributed by atoms with E-state index in [-0.39, 0.29) is 23.3 Å². The van der Waals surface area contributed by atoms with Crippen molar-refractivity contribution in [2.24, 2.45) is 7.05 Å². The van der Waals surface area contributed by atoms with Crippen LogP contribution in [-0.4, -0.2) is 33.7 Å². The van der Waals surface area contributed by atoms with Gasteiger partial charge in [-0.25, -0.2) is 9.37 Å². The number of morpholine rings is 1. The quantitative estimate of drug-likeness (QED) is 0.671. The minimum atomic E-state index is -0.495. The van der Waals surface area contributed by atoms with Gasteiger partial charge in [-0.05, 0) is 30.0 Å². The fourth-order valence-corrected chi connectivity index (χ4v) is 4.42. The first-order valence-electron chi connectivity index (χ1n) is 9.77. The molecule has 2 aliphatic rings. The largest absolute Gasteiger partial charge is 0.370 e. The zero-order valence-corrected chi connectivity index (χ0v) is 16.1. The summed E-state index contributed by atoms with van der Waals surface area (Å²) in [7, 11) is 1.71. The van der Waals surface area contributed by atoms with Crippen molar-refractivity contribution < 1.29 is 9.13 Å². The van der Waals surface area contributed by atoms with Crippen LogP contribution in [0, 0.1) is 5.82 Å². The predicted octanol–water partition coefficient (Wildman–Crippen LogP) is 2.87. The fraction of sp³-hybridized carbons (Fsp3) is 0.318. The van der Waals surface area contributed by atoms with Crippen LogP contribution in [0.3, 0.4) is 0 Å². The smallest absolute Gasteiger partial charge is 0.255 e. The van der Waals surface area contributed by atoms with E-state index in [9.17, 15) is 9.18 Å². The third-order valence-electron chi connectivity index (χ3n) is 5.87. The van der Waals surface area contributed by atoms with Gasteiger partial charge in [0.15, 0.2) is 5.82 Å². The topological polar surface area (TPSA) is 60.2 Å². The summed E-state index contributed by atoms with van der Waals surface area (Å²) in [5, 5.41) is 0. The van der Waals surface area contributed by atoms with E-state index >= 15 is 0 Å². The second-order valence-electron chi connectivity index (χ2n) is 7.48. The van der Waals surface area contributed by atoms with Gasteiger partial charge in [-0.3, -0.25) is 14.3 Å². The number of hydrogen-bond donors (Lipinski definition) is 0. The Morgan fingerprint density at radius 2 is 2.10 bits per heavy atom. The zero-order valence-electron chi connectivity index (χ0n) is 16.1. The normalized spacial score (nSPS) is 20.8. The summed E-state index contributed by atoms with van der Waals surface area (Å²) in [6, 6.07) is 11.3. The van der Waals surface area contributed by atoms with Gasteiger partial charge in [-0.2, -0.15) is 0 Å². The Morgan fingerprint density at radius 3 is 2.97 bits per heavy atom. The Hall–Kier alpha value is -3.06. The molecule has 1 aliphatic heterocycles. The molecule has 1 aromatic carbocycles. The summed E-state index contributed by atoms with van der Waals surface area (Å²) in [6.07, 6.45) is 4.43. The van der Waals surface area contributed by atoms with Crippen LogP contribution in [-0.2, 0) is 18.2 Å². The molecule has 6 nitrogen and oxygen atoms in total. The molecule has 3 aromatic rings. The van der Waals surface area contributed by atoms with E-state index in [1.54, 1.807) is 13.1 Å². The van der Waals surface area contributed by atoms with Gasteiger partial charge < -0.3 is 9.64 Å². The van der Waals surface area contributed by atoms with Gasteiger partial charge >= 0.3 is 0 Å². The maximum absolute atomic E-state index is 14.3. The lowest BCUT2D eigenvalue weighted by Gasteiger charge is -2.45. The van der Waals surface area contributed by atoms with E-state index in [1.807, 2.05) is 6.07 Å². The number of aromatic nitrogens is 3. The Balaban J connectivity index is 1.59. The van der Waals surface area contributed by atoms with Crippen LogP contribution >= 0.6 is 0 Å². The number of ether oxygens (including phenoxy) is 1. The van der Waals surface area contributed by atoms with Crippen LogP contribution in [0.25, 0.3) is 11.3 Å². The Labute approximate surface area is 167 Å². The highest BCUT2D eigenvalue weighted by Gasteiger charge is 2.38. The van der Waals surface area contributed by atoms with Crippen LogP contribution in [0.15, 0.2) is 53.6 Å². The van der Waals surface area contributed by atoms with Crippen molar-refractivity contribution in [1.29, 1.82) is 0 Å². The number of anilines is 1. The van der Waals surface area contributed by atoms with Crippen LogP contribution in [0.2, 0.25) is 0 Å². The van der Waals surface area contributed by atoms with Gasteiger partial charge in [0.05, 0.1) is 24.5 Å². The lowest BCUT2D eigenvalue weighted by Crippen LogP contribution is -2.51. The molecule has 0 saturated carbocycles. The van der Waals surface area contributed by atoms with Gasteiger partial charge in [0.25, 0.3) is 5.56 Å². The second-order valence-corrected chi connectivity index (χ2v) is 7.48. The van der Waals surface area contributed by atoms with E-state index < -0.39 is 5.82 Å². The molecule has 1 aliphatic carbocycles. The average molecular weight is 392 g/mol. The molecule has 0 bridgehead atoms. The van der Waals surface area contributed by atoms with E-state index in [1.165, 1.54) is 28.0 Å². The fourth-order valence-electron chi connectivity index (χ4n) is 4.42. The molecule has 7 heteroatoms. The molecular weight excluding hydrogens is 371 g/mol. The molecule has 29 heavy (non-hydrogen) atoms. The molecule has 5 rings (SSSR count). The highest BCUT2D eigenvalue weighted by atomic mass is 19.1. The first-order valence-corrected chi connectivity index (χ1v) is 9.77. The van der Waals surface area contributed by atoms with Gasteiger partial charge in [0.1, 0.15) is 6.10 Å². The van der Waals surface area contributed by atoms with E-state index in [2.05, 4.69) is 28.1 Å². The van der Waals surface area contributed by atoms with Crippen LogP contribution in [0.1, 0.15) is 23.7 Å². The minimum Gasteiger partial charge on any atom is -0.370 e. The van der Waals surface area contributed by atoms with Crippen molar-refractivity contribution in [2.75, 3.05) is 18.1 Å². The molecule has 0 radical (unpaired) electrons. The number of benzene rings is 1. The van der Waals surface area contributed by atoms with Crippen LogP contribution in [0.5, 0.6) is 0 Å². The van der Waals surface area contributed by atoms with Crippen molar-refractivity contribution in [3.8, 4) is 11.3 Å². The molecule has 3 heterocycles. The Bertz CT molecular complexity index is 1130. The molecule has 1 fully saturated rings. The van der Waals surface area contributed by atoms with Crippen LogP contribution in [0.4, 0.5) is 10.3 Å². The van der Waals surface area contributed by atoms with Gasteiger partial charge in [0, 0.05) is 31.4 Å². The summed E-state index contributed by atoms with van der Waals surface area (Å²) in [5.41, 5.74) is 2.89. The number of nitrogens with zero attached hydrogens (tertiary/aromatic N) is 4. The molecule has 0 N–H and O–H groups in total. The summed E-state index contributed by atoms with van der Waals surface area (Å²) in [4.78, 5) is 23.3. The molecule has 148 valence electrons. The zero-order chi connectivity index (χ0) is 20.0. The van der Waals surface area contributed by atoms with E-state index in [4.69, 9.17) is 9.72 Å². The molecule has 2 atom stereocenters. The maximum atomic E-state index is 14.3. The minimum absolute atomic E-state index is 0.0630. The average Bonchev–Trinajstić information content (AvgIpc) is 2.75. The highest BCUT2D eigenvalue weighted by molar-refractivity contribution is 5.60. The van der Waals surface area contributed by atoms with Gasteiger partial charge in [-0.1, -0.05) is 24.3 Å². The number of pyridine rings is 1. The van der Waals surface area contributed by atoms with Crippen molar-refractivity contribution >= 4 is 5.95 Å². The Morgan fingerprint density at radius 1 is 1.24 bits per heavy atom. The molecular formula is C22H21FN4O2. The van der Waals surface area contributed by atoms with Crippen molar-refractivity contribution in [3.63, 3.8) is 0 Å². The van der Waals surface area contributed by atoms with Crippen molar-refractivity contribution in [2.45, 2.75) is 25.0 Å². The number of hydrogen-bond acceptors (Lipinski definition) is 5. The Kier molecular flexibility index (Phi) is 4.39. The lowest BCUT2D eigenvalue weighted by atomic mass is 9.84. The summed E-state index contributed by atoms with van der Waals surface area (Å²) >= 11 is 0. The monoisotopic (exact) mass is 392 g/mol. The standard InChI is InChI=1S/C22H21FN4O2/c1-26-20(28)12-18(16-8-9-24-13-17(16)23)25-22(26)27-10-11-29-21-15-5-3-2-4-14(15)6-7-19(21)27/h2-5,8-9,12-13,19,21H,6-7,10-11H2,1H3/t19-,21-/m0/s1. The van der Waals surface area contributed by atoms with Gasteiger partial charge in [-0.15, -0.1) is 0 Å². The molecule has 2 aromatic heterocycles. The highest BCUT2D eigenvalue weighted by Crippen LogP contribution is 2.39. The number of fused-ring (bicyclic) bond motifs is 3. The molecule has 0 amide bonds. The lowest BCUT2D eigenvalue weighted by molar-refractivity contribution is 0.00176. The number of rotatable bonds is 2. The molecule has 0 unspecified atom stereocenters. The van der Waals surface area contributed by atoms with E-state index in [0.717, 1.165) is 19.0 Å². The summed E-state index contributed by atoms with van der Waals surface area (Å²) in [5.74, 6) is 0.0482. The van der Waals surface area contributed by atoms with Gasteiger partial charge in [0.2, 0.25) is 5.95 Å². The first kappa shape index (κ1) is 18.0. The second kappa shape index (κ2) is 7.08. The molecule has 1 saturated heterocycles. The van der Waals surface area contributed by atoms with Crippen LogP contribution < -0.4 is 10.5 Å². The van der Waals surface area contributed by atoms with Crippen molar-refractivity contribution in [3.05, 3.63) is 76.1 Å². The number of halogens is 1. The van der Waals surface area contributed by atoms with E-state index in [0.29, 0.717) is 24.8 Å².